The van der Waals surface area contributed by atoms with Gasteiger partial charge in [-0.3, -0.25) is 0 Å². The topological polar surface area (TPSA) is 57.0 Å². The van der Waals surface area contributed by atoms with Crippen molar-refractivity contribution in [3.05, 3.63) is 45.4 Å². The minimum atomic E-state index is -0.525. The Bertz CT molecular complexity index is 670. The Balaban J connectivity index is 2.43. The van der Waals surface area contributed by atoms with Crippen molar-refractivity contribution in [3.63, 3.8) is 0 Å². The van der Waals surface area contributed by atoms with E-state index in [0.717, 1.165) is 5.56 Å². The second kappa shape index (κ2) is 6.34. The molecular formula is C14H15BrFN3O2. The summed E-state index contributed by atoms with van der Waals surface area (Å²) < 4.78 is 20.3. The zero-order valence-corrected chi connectivity index (χ0v) is 13.5. The smallest absolute Gasteiger partial charge is 0.360 e. The average molecular weight is 356 g/mol. The van der Waals surface area contributed by atoms with Gasteiger partial charge >= 0.3 is 5.97 Å². The third-order valence-corrected chi connectivity index (χ3v) is 3.94. The van der Waals surface area contributed by atoms with Crippen LogP contribution in [-0.2, 0) is 11.3 Å². The Morgan fingerprint density at radius 1 is 1.48 bits per heavy atom. The molecule has 0 aliphatic carbocycles. The molecule has 7 heteroatoms. The molecule has 0 radical (unpaired) electrons. The van der Waals surface area contributed by atoms with Crippen molar-refractivity contribution in [1.29, 1.82) is 0 Å². The molecule has 0 unspecified atom stereocenters. The summed E-state index contributed by atoms with van der Waals surface area (Å²) in [5.41, 5.74) is 1.58. The summed E-state index contributed by atoms with van der Waals surface area (Å²) in [5, 5.41) is 7.88. The van der Waals surface area contributed by atoms with Crippen molar-refractivity contribution in [1.82, 2.24) is 15.0 Å². The van der Waals surface area contributed by atoms with Crippen LogP contribution in [0.2, 0.25) is 0 Å². The van der Waals surface area contributed by atoms with Crippen molar-refractivity contribution in [3.8, 4) is 0 Å². The Hall–Kier alpha value is -1.76. The molecule has 112 valence electrons. The molecule has 2 rings (SSSR count). The van der Waals surface area contributed by atoms with Crippen molar-refractivity contribution in [2.75, 3.05) is 7.11 Å². The average Bonchev–Trinajstić information content (AvgIpc) is 2.87. The molecule has 0 amide bonds. The second-order valence-corrected chi connectivity index (χ2v) is 5.63. The molecule has 0 aliphatic heterocycles. The summed E-state index contributed by atoms with van der Waals surface area (Å²) in [6, 6.07) is 4.79. The molecule has 0 fully saturated rings. The van der Waals surface area contributed by atoms with E-state index in [1.54, 1.807) is 16.8 Å². The standard InChI is InChI=1S/C14H15BrFN3O2/c1-8(2)13-12(14(20)21-3)17-18-19(13)7-9-5-4-6-10(16)11(9)15/h4-6,8H,7H2,1-3H3. The van der Waals surface area contributed by atoms with E-state index >= 15 is 0 Å². The van der Waals surface area contributed by atoms with E-state index in [1.165, 1.54) is 13.2 Å². The lowest BCUT2D eigenvalue weighted by Crippen LogP contribution is -2.12. The predicted molar refractivity (Wildman–Crippen MR) is 78.7 cm³/mol. The van der Waals surface area contributed by atoms with E-state index < -0.39 is 5.97 Å². The Labute approximate surface area is 130 Å². The molecule has 5 nitrogen and oxygen atoms in total. The van der Waals surface area contributed by atoms with Gasteiger partial charge < -0.3 is 4.74 Å². The van der Waals surface area contributed by atoms with Gasteiger partial charge in [-0.2, -0.15) is 0 Å². The number of hydrogen-bond acceptors (Lipinski definition) is 4. The van der Waals surface area contributed by atoms with Crippen LogP contribution in [0.25, 0.3) is 0 Å². The van der Waals surface area contributed by atoms with Crippen LogP contribution in [0.3, 0.4) is 0 Å². The van der Waals surface area contributed by atoms with Crippen LogP contribution < -0.4 is 0 Å². The first kappa shape index (κ1) is 15.6. The SMILES string of the molecule is COC(=O)c1nnn(Cc2cccc(F)c2Br)c1C(C)C. The zero-order valence-electron chi connectivity index (χ0n) is 11.9. The van der Waals surface area contributed by atoms with Gasteiger partial charge in [0, 0.05) is 0 Å². The van der Waals surface area contributed by atoms with Crippen molar-refractivity contribution in [2.45, 2.75) is 26.3 Å². The van der Waals surface area contributed by atoms with Gasteiger partial charge in [0.15, 0.2) is 5.69 Å². The molecule has 1 heterocycles. The molecule has 2 aromatic rings. The number of carbonyl (C=O) groups excluding carboxylic acids is 1. The second-order valence-electron chi connectivity index (χ2n) is 4.84. The summed E-state index contributed by atoms with van der Waals surface area (Å²) in [7, 11) is 1.30. The van der Waals surface area contributed by atoms with E-state index in [0.29, 0.717) is 16.7 Å². The first-order valence-electron chi connectivity index (χ1n) is 6.40. The first-order chi connectivity index (χ1) is 9.95. The Kier molecular flexibility index (Phi) is 4.72. The number of esters is 1. The van der Waals surface area contributed by atoms with Crippen LogP contribution in [-0.4, -0.2) is 28.1 Å². The van der Waals surface area contributed by atoms with E-state index in [2.05, 4.69) is 26.2 Å². The highest BCUT2D eigenvalue weighted by Crippen LogP contribution is 2.24. The van der Waals surface area contributed by atoms with E-state index in [-0.39, 0.29) is 17.4 Å². The molecule has 0 saturated heterocycles. The normalized spacial score (nSPS) is 11.0. The number of ether oxygens (including phenoxy) is 1. The first-order valence-corrected chi connectivity index (χ1v) is 7.19. The van der Waals surface area contributed by atoms with Crippen molar-refractivity contribution >= 4 is 21.9 Å². The minimum absolute atomic E-state index is 0.0291. The molecule has 0 spiro atoms. The number of halogens is 2. The summed E-state index contributed by atoms with van der Waals surface area (Å²) in [4.78, 5) is 11.7. The van der Waals surface area contributed by atoms with Gasteiger partial charge in [0.1, 0.15) is 5.82 Å². The highest BCUT2D eigenvalue weighted by molar-refractivity contribution is 9.10. The number of rotatable bonds is 4. The van der Waals surface area contributed by atoms with Crippen LogP contribution in [0, 0.1) is 5.82 Å². The highest BCUT2D eigenvalue weighted by atomic mass is 79.9. The lowest BCUT2D eigenvalue weighted by atomic mass is 10.1. The van der Waals surface area contributed by atoms with Gasteiger partial charge in [-0.05, 0) is 33.5 Å². The maximum Gasteiger partial charge on any atom is 0.360 e. The fraction of sp³-hybridized carbons (Fsp3) is 0.357. The fourth-order valence-electron chi connectivity index (χ4n) is 2.08. The van der Waals surface area contributed by atoms with Gasteiger partial charge in [0.25, 0.3) is 0 Å². The lowest BCUT2D eigenvalue weighted by Gasteiger charge is -2.11. The Morgan fingerprint density at radius 2 is 2.19 bits per heavy atom. The van der Waals surface area contributed by atoms with Crippen LogP contribution in [0.5, 0.6) is 0 Å². The number of benzene rings is 1. The third-order valence-electron chi connectivity index (χ3n) is 3.05. The van der Waals surface area contributed by atoms with Gasteiger partial charge in [0.05, 0.1) is 23.8 Å². The van der Waals surface area contributed by atoms with Crippen LogP contribution in [0.15, 0.2) is 22.7 Å². The van der Waals surface area contributed by atoms with Crippen LogP contribution in [0.4, 0.5) is 4.39 Å². The summed E-state index contributed by atoms with van der Waals surface area (Å²) in [6.45, 7) is 4.18. The van der Waals surface area contributed by atoms with Gasteiger partial charge in [0.2, 0.25) is 0 Å². The number of hydrogen-bond donors (Lipinski definition) is 0. The predicted octanol–water partition coefficient (Wildman–Crippen LogP) is 3.14. The lowest BCUT2D eigenvalue weighted by molar-refractivity contribution is 0.0592. The molecule has 21 heavy (non-hydrogen) atoms. The molecule has 1 aromatic carbocycles. The Morgan fingerprint density at radius 3 is 2.81 bits per heavy atom. The quantitative estimate of drug-likeness (QED) is 0.790. The molecule has 0 atom stereocenters. The van der Waals surface area contributed by atoms with Gasteiger partial charge in [-0.25, -0.2) is 13.9 Å². The van der Waals surface area contributed by atoms with Crippen molar-refractivity contribution < 1.29 is 13.9 Å². The zero-order chi connectivity index (χ0) is 15.6. The van der Waals surface area contributed by atoms with E-state index in [4.69, 9.17) is 4.74 Å². The van der Waals surface area contributed by atoms with Gasteiger partial charge in [-0.15, -0.1) is 5.10 Å². The maximum absolute atomic E-state index is 13.6. The molecule has 1 aromatic heterocycles. The third kappa shape index (κ3) is 3.12. The summed E-state index contributed by atoms with van der Waals surface area (Å²) in [6.07, 6.45) is 0. The fourth-order valence-corrected chi connectivity index (χ4v) is 2.47. The molecule has 0 bridgehead atoms. The largest absolute Gasteiger partial charge is 0.464 e. The van der Waals surface area contributed by atoms with E-state index in [9.17, 15) is 9.18 Å². The molecular weight excluding hydrogens is 341 g/mol. The minimum Gasteiger partial charge on any atom is -0.464 e. The molecule has 0 aliphatic rings. The molecule has 0 saturated carbocycles. The summed E-state index contributed by atoms with van der Waals surface area (Å²) in [5.74, 6) is -0.836. The maximum atomic E-state index is 13.6. The monoisotopic (exact) mass is 355 g/mol. The number of nitrogens with zero attached hydrogens (tertiary/aromatic N) is 3. The van der Waals surface area contributed by atoms with Crippen LogP contribution >= 0.6 is 15.9 Å². The number of aromatic nitrogens is 3. The van der Waals surface area contributed by atoms with Gasteiger partial charge in [-0.1, -0.05) is 31.2 Å². The van der Waals surface area contributed by atoms with Crippen LogP contribution in [0.1, 0.15) is 41.5 Å². The highest BCUT2D eigenvalue weighted by Gasteiger charge is 2.23. The van der Waals surface area contributed by atoms with Crippen molar-refractivity contribution in [2.24, 2.45) is 0 Å². The number of methoxy groups -OCH3 is 1. The molecule has 0 N–H and O–H groups in total. The van der Waals surface area contributed by atoms with E-state index in [1.807, 2.05) is 13.8 Å². The number of carbonyl (C=O) groups is 1. The summed E-state index contributed by atoms with van der Waals surface area (Å²) >= 11 is 3.22.